The molecule has 19 heavy (non-hydrogen) atoms. The quantitative estimate of drug-likeness (QED) is 0.790. The minimum Gasteiger partial charge on any atom is -0.369 e. The Morgan fingerprint density at radius 3 is 2.89 bits per heavy atom. The van der Waals surface area contributed by atoms with E-state index in [9.17, 15) is 0 Å². The smallest absolute Gasteiger partial charge is 0.202 e. The van der Waals surface area contributed by atoms with Gasteiger partial charge in [0, 0.05) is 10.7 Å². The molecule has 0 unspecified atom stereocenters. The number of benzene rings is 1. The lowest BCUT2D eigenvalue weighted by molar-refractivity contribution is 0.824. The van der Waals surface area contributed by atoms with E-state index in [4.69, 9.17) is 5.73 Å². The first-order valence-corrected chi connectivity index (χ1v) is 6.76. The molecule has 0 fully saturated rings. The number of hydrogen-bond acceptors (Lipinski definition) is 3. The molecule has 4 nitrogen and oxygen atoms in total. The van der Waals surface area contributed by atoms with Crippen molar-refractivity contribution in [3.63, 3.8) is 0 Å². The van der Waals surface area contributed by atoms with Crippen LogP contribution in [-0.2, 0) is 6.54 Å². The zero-order valence-electron chi connectivity index (χ0n) is 10.5. The van der Waals surface area contributed by atoms with Gasteiger partial charge in [-0.15, -0.1) is 0 Å². The van der Waals surface area contributed by atoms with Crippen LogP contribution in [0, 0.1) is 6.92 Å². The van der Waals surface area contributed by atoms with E-state index in [1.54, 1.807) is 0 Å². The van der Waals surface area contributed by atoms with Gasteiger partial charge in [-0.2, -0.15) is 0 Å². The molecule has 3 rings (SSSR count). The average Bonchev–Trinajstić information content (AvgIpc) is 2.68. The zero-order chi connectivity index (χ0) is 13.4. The highest BCUT2D eigenvalue weighted by atomic mass is 79.9. The molecular formula is C14H13BrN4. The molecule has 0 amide bonds. The molecule has 1 aromatic carbocycles. The first kappa shape index (κ1) is 12.2. The predicted molar refractivity (Wildman–Crippen MR) is 79.9 cm³/mol. The standard InChI is InChI=1S/C14H13BrN4/c1-9-6-12-13(17-7-9)19(14(16)18-12)8-10-4-2-3-5-11(10)15/h2-7H,8H2,1H3,(H2,16,18). The van der Waals surface area contributed by atoms with Gasteiger partial charge in [0.2, 0.25) is 5.95 Å². The van der Waals surface area contributed by atoms with Crippen LogP contribution in [0.2, 0.25) is 0 Å². The highest BCUT2D eigenvalue weighted by Crippen LogP contribution is 2.22. The zero-order valence-corrected chi connectivity index (χ0v) is 12.1. The maximum Gasteiger partial charge on any atom is 0.202 e. The lowest BCUT2D eigenvalue weighted by Crippen LogP contribution is -2.05. The fourth-order valence-corrected chi connectivity index (χ4v) is 2.49. The number of aryl methyl sites for hydroxylation is 1. The maximum atomic E-state index is 6.00. The summed E-state index contributed by atoms with van der Waals surface area (Å²) < 4.78 is 2.98. The second-order valence-electron chi connectivity index (χ2n) is 4.50. The van der Waals surface area contributed by atoms with Gasteiger partial charge in [0.05, 0.1) is 6.54 Å². The van der Waals surface area contributed by atoms with Crippen molar-refractivity contribution in [3.8, 4) is 0 Å². The highest BCUT2D eigenvalue weighted by Gasteiger charge is 2.11. The fraction of sp³-hybridized carbons (Fsp3) is 0.143. The predicted octanol–water partition coefficient (Wildman–Crippen LogP) is 3.13. The van der Waals surface area contributed by atoms with Crippen LogP contribution >= 0.6 is 15.9 Å². The second-order valence-corrected chi connectivity index (χ2v) is 5.36. The molecule has 0 spiro atoms. The van der Waals surface area contributed by atoms with Crippen molar-refractivity contribution in [2.24, 2.45) is 0 Å². The van der Waals surface area contributed by atoms with Gasteiger partial charge in [-0.1, -0.05) is 34.1 Å². The summed E-state index contributed by atoms with van der Waals surface area (Å²) in [6.07, 6.45) is 1.83. The molecule has 0 radical (unpaired) electrons. The van der Waals surface area contributed by atoms with Crippen molar-refractivity contribution in [2.45, 2.75) is 13.5 Å². The molecule has 0 saturated heterocycles. The Labute approximate surface area is 119 Å². The molecule has 3 aromatic rings. The van der Waals surface area contributed by atoms with Crippen LogP contribution in [0.4, 0.5) is 5.95 Å². The number of hydrogen-bond donors (Lipinski definition) is 1. The Balaban J connectivity index is 2.10. The third-order valence-corrected chi connectivity index (χ3v) is 3.81. The Morgan fingerprint density at radius 2 is 2.11 bits per heavy atom. The molecule has 0 bridgehead atoms. The second kappa shape index (κ2) is 4.66. The molecule has 0 aliphatic rings. The number of pyridine rings is 1. The summed E-state index contributed by atoms with van der Waals surface area (Å²) in [7, 11) is 0. The van der Waals surface area contributed by atoms with Gasteiger partial charge in [-0.25, -0.2) is 9.97 Å². The highest BCUT2D eigenvalue weighted by molar-refractivity contribution is 9.10. The van der Waals surface area contributed by atoms with Crippen molar-refractivity contribution in [1.82, 2.24) is 14.5 Å². The van der Waals surface area contributed by atoms with Crippen LogP contribution in [0.5, 0.6) is 0 Å². The monoisotopic (exact) mass is 316 g/mol. The molecule has 0 atom stereocenters. The van der Waals surface area contributed by atoms with E-state index in [-0.39, 0.29) is 0 Å². The molecule has 0 aliphatic carbocycles. The van der Waals surface area contributed by atoms with Crippen molar-refractivity contribution in [2.75, 3.05) is 5.73 Å². The summed E-state index contributed by atoms with van der Waals surface area (Å²) in [4.78, 5) is 8.80. The summed E-state index contributed by atoms with van der Waals surface area (Å²) in [6.45, 7) is 2.65. The number of nitrogens with zero attached hydrogens (tertiary/aromatic N) is 3. The van der Waals surface area contributed by atoms with Crippen molar-refractivity contribution < 1.29 is 0 Å². The topological polar surface area (TPSA) is 56.7 Å². The largest absolute Gasteiger partial charge is 0.369 e. The van der Waals surface area contributed by atoms with E-state index < -0.39 is 0 Å². The van der Waals surface area contributed by atoms with Crippen LogP contribution in [0.25, 0.3) is 11.2 Å². The number of halogens is 1. The minimum absolute atomic E-state index is 0.490. The summed E-state index contributed by atoms with van der Waals surface area (Å²) in [5, 5.41) is 0. The van der Waals surface area contributed by atoms with Crippen LogP contribution in [0.15, 0.2) is 41.0 Å². The van der Waals surface area contributed by atoms with Gasteiger partial charge in [0.1, 0.15) is 5.52 Å². The number of aromatic nitrogens is 3. The van der Waals surface area contributed by atoms with Gasteiger partial charge in [0.15, 0.2) is 5.65 Å². The van der Waals surface area contributed by atoms with Gasteiger partial charge >= 0.3 is 0 Å². The Hall–Kier alpha value is -1.88. The molecule has 2 aromatic heterocycles. The molecule has 2 N–H and O–H groups in total. The molecule has 0 aliphatic heterocycles. The van der Waals surface area contributed by atoms with Gasteiger partial charge in [-0.05, 0) is 30.2 Å². The minimum atomic E-state index is 0.490. The first-order chi connectivity index (χ1) is 9.15. The lowest BCUT2D eigenvalue weighted by atomic mass is 10.2. The van der Waals surface area contributed by atoms with E-state index in [0.29, 0.717) is 12.5 Å². The van der Waals surface area contributed by atoms with Gasteiger partial charge < -0.3 is 5.73 Å². The molecular weight excluding hydrogens is 304 g/mol. The lowest BCUT2D eigenvalue weighted by Gasteiger charge is -2.07. The van der Waals surface area contributed by atoms with E-state index in [1.807, 2.05) is 42.0 Å². The molecule has 2 heterocycles. The third-order valence-electron chi connectivity index (χ3n) is 3.04. The summed E-state index contributed by atoms with van der Waals surface area (Å²) in [5.74, 6) is 0.490. The number of rotatable bonds is 2. The van der Waals surface area contributed by atoms with E-state index in [1.165, 1.54) is 0 Å². The van der Waals surface area contributed by atoms with Gasteiger partial charge in [-0.3, -0.25) is 4.57 Å². The van der Waals surface area contributed by atoms with Gasteiger partial charge in [0.25, 0.3) is 0 Å². The third kappa shape index (κ3) is 2.21. The Kier molecular flexibility index (Phi) is 2.98. The number of fused-ring (bicyclic) bond motifs is 1. The number of nitrogen functional groups attached to an aromatic ring is 1. The normalized spacial score (nSPS) is 11.1. The number of nitrogens with two attached hydrogens (primary N) is 1. The molecule has 5 heteroatoms. The van der Waals surface area contributed by atoms with Crippen molar-refractivity contribution in [1.29, 1.82) is 0 Å². The van der Waals surface area contributed by atoms with E-state index in [2.05, 4.69) is 32.0 Å². The first-order valence-electron chi connectivity index (χ1n) is 5.97. The van der Waals surface area contributed by atoms with Crippen LogP contribution in [0.1, 0.15) is 11.1 Å². The average molecular weight is 317 g/mol. The molecule has 0 saturated carbocycles. The van der Waals surface area contributed by atoms with E-state index >= 15 is 0 Å². The SMILES string of the molecule is Cc1cnc2c(c1)nc(N)n2Cc1ccccc1Br. The van der Waals surface area contributed by atoms with Crippen molar-refractivity contribution >= 4 is 33.0 Å². The summed E-state index contributed by atoms with van der Waals surface area (Å²) >= 11 is 3.55. The number of imidazole rings is 1. The summed E-state index contributed by atoms with van der Waals surface area (Å²) in [6, 6.07) is 10.1. The van der Waals surface area contributed by atoms with Crippen LogP contribution in [0.3, 0.4) is 0 Å². The Morgan fingerprint density at radius 1 is 1.32 bits per heavy atom. The molecule has 96 valence electrons. The van der Waals surface area contributed by atoms with E-state index in [0.717, 1.165) is 26.8 Å². The Bertz CT molecular complexity index is 748. The van der Waals surface area contributed by atoms with Crippen LogP contribution in [-0.4, -0.2) is 14.5 Å². The fourth-order valence-electron chi connectivity index (χ4n) is 2.08. The number of anilines is 1. The van der Waals surface area contributed by atoms with Crippen molar-refractivity contribution in [3.05, 3.63) is 52.1 Å². The summed E-state index contributed by atoms with van der Waals surface area (Å²) in [5.41, 5.74) is 9.88. The maximum absolute atomic E-state index is 6.00. The van der Waals surface area contributed by atoms with Crippen LogP contribution < -0.4 is 5.73 Å².